The Morgan fingerprint density at radius 2 is 1.94 bits per heavy atom. The predicted molar refractivity (Wildman–Crippen MR) is 67.5 cm³/mol. The Balaban J connectivity index is 2.54. The summed E-state index contributed by atoms with van der Waals surface area (Å²) in [7, 11) is 0. The maximum Gasteiger partial charge on any atom is 0.320 e. The number of piperidine rings is 1. The van der Waals surface area contributed by atoms with E-state index in [0.29, 0.717) is 6.04 Å². The molecule has 0 bridgehead atoms. The van der Waals surface area contributed by atoms with Crippen LogP contribution in [-0.4, -0.2) is 41.5 Å². The van der Waals surface area contributed by atoms with Gasteiger partial charge in [-0.25, -0.2) is 4.79 Å². The lowest BCUT2D eigenvalue weighted by atomic mass is 9.99. The van der Waals surface area contributed by atoms with Gasteiger partial charge in [-0.3, -0.25) is 0 Å². The molecule has 1 rings (SSSR count). The summed E-state index contributed by atoms with van der Waals surface area (Å²) in [5, 5.41) is 0. The molecule has 0 aliphatic carbocycles. The number of carbonyl (C=O) groups is 1. The van der Waals surface area contributed by atoms with Gasteiger partial charge in [-0.05, 0) is 39.0 Å². The lowest BCUT2D eigenvalue weighted by Gasteiger charge is -2.37. The van der Waals surface area contributed by atoms with Gasteiger partial charge in [0.2, 0.25) is 0 Å². The van der Waals surface area contributed by atoms with Crippen LogP contribution in [0.25, 0.3) is 0 Å². The second-order valence-corrected chi connectivity index (χ2v) is 5.00. The third-order valence-corrected chi connectivity index (χ3v) is 3.76. The zero-order chi connectivity index (χ0) is 12.1. The summed E-state index contributed by atoms with van der Waals surface area (Å²) in [4.78, 5) is 16.3. The summed E-state index contributed by atoms with van der Waals surface area (Å²) < 4.78 is 0. The van der Waals surface area contributed by atoms with E-state index < -0.39 is 0 Å². The molecule has 1 aliphatic heterocycles. The van der Waals surface area contributed by atoms with Crippen molar-refractivity contribution in [2.75, 3.05) is 19.6 Å². The molecule has 0 N–H and O–H groups in total. The van der Waals surface area contributed by atoms with Crippen molar-refractivity contribution >= 4 is 6.03 Å². The van der Waals surface area contributed by atoms with Crippen molar-refractivity contribution in [2.24, 2.45) is 5.92 Å². The van der Waals surface area contributed by atoms with Crippen LogP contribution in [-0.2, 0) is 0 Å². The molecule has 0 aromatic carbocycles. The van der Waals surface area contributed by atoms with Crippen LogP contribution in [0.15, 0.2) is 0 Å². The first-order chi connectivity index (χ1) is 7.60. The highest BCUT2D eigenvalue weighted by Crippen LogP contribution is 2.18. The van der Waals surface area contributed by atoms with Gasteiger partial charge in [0.25, 0.3) is 0 Å². The van der Waals surface area contributed by atoms with Gasteiger partial charge in [-0.2, -0.15) is 0 Å². The number of amides is 2. The summed E-state index contributed by atoms with van der Waals surface area (Å²) >= 11 is 0. The van der Waals surface area contributed by atoms with Crippen LogP contribution in [0.3, 0.4) is 0 Å². The normalized spacial score (nSPS) is 19.6. The Labute approximate surface area is 99.8 Å². The van der Waals surface area contributed by atoms with Crippen LogP contribution >= 0.6 is 0 Å². The quantitative estimate of drug-likeness (QED) is 0.725. The number of carbonyl (C=O) groups excluding carboxylic acids is 1. The molecule has 1 saturated heterocycles. The Kier molecular flexibility index (Phi) is 5.10. The minimum Gasteiger partial charge on any atom is -0.325 e. The highest BCUT2D eigenvalue weighted by Gasteiger charge is 2.25. The minimum absolute atomic E-state index is 0.240. The first kappa shape index (κ1) is 13.3. The Hall–Kier alpha value is -0.730. The average molecular weight is 226 g/mol. The fourth-order valence-electron chi connectivity index (χ4n) is 2.24. The maximum atomic E-state index is 12.3. The van der Waals surface area contributed by atoms with Crippen molar-refractivity contribution < 1.29 is 4.79 Å². The third-order valence-electron chi connectivity index (χ3n) is 3.76. The number of hydrogen-bond donors (Lipinski definition) is 0. The monoisotopic (exact) mass is 226 g/mol. The van der Waals surface area contributed by atoms with Crippen molar-refractivity contribution in [3.05, 3.63) is 0 Å². The van der Waals surface area contributed by atoms with Crippen molar-refractivity contribution in [1.29, 1.82) is 0 Å². The minimum atomic E-state index is 0.240. The van der Waals surface area contributed by atoms with Crippen molar-refractivity contribution in [3.8, 4) is 0 Å². The van der Waals surface area contributed by atoms with Crippen LogP contribution in [0.2, 0.25) is 0 Å². The largest absolute Gasteiger partial charge is 0.325 e. The van der Waals surface area contributed by atoms with E-state index in [1.165, 1.54) is 0 Å². The molecule has 0 aromatic rings. The van der Waals surface area contributed by atoms with E-state index in [1.807, 2.05) is 9.80 Å². The van der Waals surface area contributed by atoms with Gasteiger partial charge in [0.15, 0.2) is 0 Å². The number of likely N-dealkylation sites (tertiary alicyclic amines) is 1. The molecular formula is C13H26N2O. The van der Waals surface area contributed by atoms with Crippen LogP contribution in [0.4, 0.5) is 4.79 Å². The standard InChI is InChI=1S/C13H26N2O/c1-5-12(4)15(6-2)13(16)14-9-7-11(3)8-10-14/h11-12H,5-10H2,1-4H3. The second kappa shape index (κ2) is 6.12. The molecule has 94 valence electrons. The topological polar surface area (TPSA) is 23.6 Å². The molecule has 0 saturated carbocycles. The smallest absolute Gasteiger partial charge is 0.320 e. The van der Waals surface area contributed by atoms with Crippen LogP contribution in [0, 0.1) is 5.92 Å². The van der Waals surface area contributed by atoms with Gasteiger partial charge < -0.3 is 9.80 Å². The molecule has 1 fully saturated rings. The number of rotatable bonds is 3. The van der Waals surface area contributed by atoms with Crippen LogP contribution in [0.5, 0.6) is 0 Å². The predicted octanol–water partition coefficient (Wildman–Crippen LogP) is 2.96. The maximum absolute atomic E-state index is 12.3. The molecule has 3 nitrogen and oxygen atoms in total. The van der Waals surface area contributed by atoms with Gasteiger partial charge in [0.1, 0.15) is 0 Å². The molecule has 1 aliphatic rings. The lowest BCUT2D eigenvalue weighted by Crippen LogP contribution is -2.49. The molecule has 16 heavy (non-hydrogen) atoms. The second-order valence-electron chi connectivity index (χ2n) is 5.00. The van der Waals surface area contributed by atoms with E-state index in [1.54, 1.807) is 0 Å². The van der Waals surface area contributed by atoms with Gasteiger partial charge in [-0.15, -0.1) is 0 Å². The average Bonchev–Trinajstić information content (AvgIpc) is 2.30. The summed E-state index contributed by atoms with van der Waals surface area (Å²) in [5.41, 5.74) is 0. The number of hydrogen-bond acceptors (Lipinski definition) is 1. The fourth-order valence-corrected chi connectivity index (χ4v) is 2.24. The first-order valence-corrected chi connectivity index (χ1v) is 6.65. The fraction of sp³-hybridized carbons (Fsp3) is 0.923. The van der Waals surface area contributed by atoms with E-state index >= 15 is 0 Å². The molecule has 0 aromatic heterocycles. The molecule has 1 unspecified atom stereocenters. The SMILES string of the molecule is CCC(C)N(CC)C(=O)N1CCC(C)CC1. The van der Waals surface area contributed by atoms with Crippen LogP contribution < -0.4 is 0 Å². The molecule has 0 spiro atoms. The van der Waals surface area contributed by atoms with Crippen molar-refractivity contribution in [3.63, 3.8) is 0 Å². The molecule has 2 amide bonds. The van der Waals surface area contributed by atoms with E-state index in [-0.39, 0.29) is 6.03 Å². The third kappa shape index (κ3) is 3.13. The van der Waals surface area contributed by atoms with E-state index in [0.717, 1.165) is 44.8 Å². The van der Waals surface area contributed by atoms with E-state index in [4.69, 9.17) is 0 Å². The Morgan fingerprint density at radius 3 is 2.38 bits per heavy atom. The zero-order valence-corrected chi connectivity index (χ0v) is 11.2. The zero-order valence-electron chi connectivity index (χ0n) is 11.2. The molecular weight excluding hydrogens is 200 g/mol. The Morgan fingerprint density at radius 1 is 1.38 bits per heavy atom. The lowest BCUT2D eigenvalue weighted by molar-refractivity contribution is 0.122. The summed E-state index contributed by atoms with van der Waals surface area (Å²) in [6.45, 7) is 11.3. The van der Waals surface area contributed by atoms with Crippen molar-refractivity contribution in [2.45, 2.75) is 53.0 Å². The van der Waals surface area contributed by atoms with Gasteiger partial charge in [0, 0.05) is 25.7 Å². The van der Waals surface area contributed by atoms with Crippen molar-refractivity contribution in [1.82, 2.24) is 9.80 Å². The van der Waals surface area contributed by atoms with Gasteiger partial charge in [-0.1, -0.05) is 13.8 Å². The van der Waals surface area contributed by atoms with E-state index in [2.05, 4.69) is 27.7 Å². The van der Waals surface area contributed by atoms with E-state index in [9.17, 15) is 4.79 Å². The summed E-state index contributed by atoms with van der Waals surface area (Å²) in [5.74, 6) is 0.780. The molecule has 0 radical (unpaired) electrons. The summed E-state index contributed by atoms with van der Waals surface area (Å²) in [6, 6.07) is 0.598. The van der Waals surface area contributed by atoms with Crippen LogP contribution in [0.1, 0.15) is 47.0 Å². The molecule has 1 heterocycles. The first-order valence-electron chi connectivity index (χ1n) is 6.65. The molecule has 1 atom stereocenters. The highest BCUT2D eigenvalue weighted by atomic mass is 16.2. The van der Waals surface area contributed by atoms with Gasteiger partial charge in [0.05, 0.1) is 0 Å². The highest BCUT2D eigenvalue weighted by molar-refractivity contribution is 5.74. The number of nitrogens with zero attached hydrogens (tertiary/aromatic N) is 2. The molecule has 3 heteroatoms. The number of urea groups is 1. The van der Waals surface area contributed by atoms with Gasteiger partial charge >= 0.3 is 6.03 Å². The Bertz CT molecular complexity index is 222. The summed E-state index contributed by atoms with van der Waals surface area (Å²) in [6.07, 6.45) is 3.34.